The highest BCUT2D eigenvalue weighted by atomic mass is 32.1. The number of rotatable bonds is 5. The van der Waals surface area contributed by atoms with Gasteiger partial charge in [0.25, 0.3) is 0 Å². The van der Waals surface area contributed by atoms with E-state index in [4.69, 9.17) is 5.10 Å². The van der Waals surface area contributed by atoms with Gasteiger partial charge in [-0.05, 0) is 37.9 Å². The maximum Gasteiger partial charge on any atom is 0.234 e. The van der Waals surface area contributed by atoms with Gasteiger partial charge < -0.3 is 0 Å². The van der Waals surface area contributed by atoms with Crippen LogP contribution in [0.25, 0.3) is 4.96 Å². The first-order chi connectivity index (χ1) is 11.4. The Kier molecular flexibility index (Phi) is 4.35. The van der Waals surface area contributed by atoms with E-state index in [1.165, 1.54) is 37.9 Å². The maximum absolute atomic E-state index is 4.74. The van der Waals surface area contributed by atoms with Crippen LogP contribution in [0.3, 0.4) is 0 Å². The van der Waals surface area contributed by atoms with Crippen molar-refractivity contribution in [3.63, 3.8) is 0 Å². The summed E-state index contributed by atoms with van der Waals surface area (Å²) >= 11 is 1.66. The van der Waals surface area contributed by atoms with Crippen LogP contribution in [-0.4, -0.2) is 37.8 Å². The van der Waals surface area contributed by atoms with Crippen molar-refractivity contribution in [1.29, 1.82) is 0 Å². The largest absolute Gasteiger partial charge is 0.296 e. The Morgan fingerprint density at radius 1 is 0.957 bits per heavy atom. The van der Waals surface area contributed by atoms with E-state index >= 15 is 0 Å². The highest BCUT2D eigenvalue weighted by molar-refractivity contribution is 7.16. The summed E-state index contributed by atoms with van der Waals surface area (Å²) in [6, 6.07) is 10.6. The number of hydrogen-bond donors (Lipinski definition) is 0. The molecule has 0 N–H and O–H groups in total. The maximum atomic E-state index is 4.74. The second-order valence-corrected chi connectivity index (χ2v) is 7.17. The average Bonchev–Trinajstić information content (AvgIpc) is 3.17. The van der Waals surface area contributed by atoms with Crippen molar-refractivity contribution >= 4 is 16.3 Å². The molecule has 2 aromatic heterocycles. The van der Waals surface area contributed by atoms with Crippen LogP contribution in [0.15, 0.2) is 30.3 Å². The second kappa shape index (κ2) is 6.76. The average molecular weight is 327 g/mol. The SMILES string of the molecule is c1ccc(CCc2nn3c(CN4CCCCC4)nnc3s2)cc1. The molecule has 0 atom stereocenters. The van der Waals surface area contributed by atoms with Gasteiger partial charge in [0.15, 0.2) is 5.82 Å². The van der Waals surface area contributed by atoms with Crippen LogP contribution >= 0.6 is 11.3 Å². The fourth-order valence-corrected chi connectivity index (χ4v) is 3.96. The number of hydrogen-bond acceptors (Lipinski definition) is 5. The molecule has 4 rings (SSSR count). The van der Waals surface area contributed by atoms with Gasteiger partial charge in [0.1, 0.15) is 5.01 Å². The summed E-state index contributed by atoms with van der Waals surface area (Å²) in [5, 5.41) is 14.5. The molecule has 3 aromatic rings. The predicted octanol–water partition coefficient (Wildman–Crippen LogP) is 2.96. The number of piperidine rings is 1. The van der Waals surface area contributed by atoms with E-state index in [1.807, 2.05) is 4.52 Å². The zero-order chi connectivity index (χ0) is 15.5. The third kappa shape index (κ3) is 3.43. The van der Waals surface area contributed by atoms with Crippen LogP contribution in [0, 0.1) is 0 Å². The molecule has 0 radical (unpaired) electrons. The topological polar surface area (TPSA) is 46.3 Å². The van der Waals surface area contributed by atoms with Crippen molar-refractivity contribution in [3.05, 3.63) is 46.7 Å². The lowest BCUT2D eigenvalue weighted by Crippen LogP contribution is -2.30. The molecule has 1 aliphatic rings. The minimum absolute atomic E-state index is 0.864. The fraction of sp³-hybridized carbons (Fsp3) is 0.471. The molecule has 0 saturated carbocycles. The molecule has 1 aliphatic heterocycles. The van der Waals surface area contributed by atoms with Gasteiger partial charge >= 0.3 is 0 Å². The standard InChI is InChI=1S/C17H21N5S/c1-3-7-14(8-4-1)9-10-16-20-22-15(18-19-17(22)23-16)13-21-11-5-2-6-12-21/h1,3-4,7-8H,2,5-6,9-13H2. The van der Waals surface area contributed by atoms with E-state index in [2.05, 4.69) is 45.4 Å². The zero-order valence-corrected chi connectivity index (χ0v) is 14.0. The molecule has 1 aromatic carbocycles. The van der Waals surface area contributed by atoms with Crippen LogP contribution in [0.5, 0.6) is 0 Å². The van der Waals surface area contributed by atoms with E-state index in [9.17, 15) is 0 Å². The van der Waals surface area contributed by atoms with E-state index < -0.39 is 0 Å². The number of fused-ring (bicyclic) bond motifs is 1. The molecule has 0 unspecified atom stereocenters. The molecule has 1 saturated heterocycles. The first-order valence-electron chi connectivity index (χ1n) is 8.35. The normalized spacial score (nSPS) is 16.2. The minimum Gasteiger partial charge on any atom is -0.296 e. The summed E-state index contributed by atoms with van der Waals surface area (Å²) in [4.78, 5) is 3.38. The lowest BCUT2D eigenvalue weighted by atomic mass is 10.1. The van der Waals surface area contributed by atoms with E-state index in [0.717, 1.165) is 35.2 Å². The Labute approximate surface area is 140 Å². The number of aromatic nitrogens is 4. The van der Waals surface area contributed by atoms with E-state index in [0.29, 0.717) is 0 Å². The van der Waals surface area contributed by atoms with Crippen LogP contribution in [0.1, 0.15) is 35.7 Å². The highest BCUT2D eigenvalue weighted by Crippen LogP contribution is 2.18. The highest BCUT2D eigenvalue weighted by Gasteiger charge is 2.16. The summed E-state index contributed by atoms with van der Waals surface area (Å²) in [5.74, 6) is 0.976. The Balaban J connectivity index is 1.45. The van der Waals surface area contributed by atoms with Crippen molar-refractivity contribution in [2.75, 3.05) is 13.1 Å². The quantitative estimate of drug-likeness (QED) is 0.723. The number of aryl methyl sites for hydroxylation is 2. The molecule has 3 heterocycles. The fourth-order valence-electron chi connectivity index (χ4n) is 3.11. The molecule has 1 fully saturated rings. The van der Waals surface area contributed by atoms with Gasteiger partial charge in [-0.2, -0.15) is 9.61 Å². The van der Waals surface area contributed by atoms with Crippen LogP contribution < -0.4 is 0 Å². The molecule has 5 nitrogen and oxygen atoms in total. The summed E-state index contributed by atoms with van der Waals surface area (Å²) in [5.41, 5.74) is 1.35. The molecule has 0 aliphatic carbocycles. The van der Waals surface area contributed by atoms with Crippen LogP contribution in [0.4, 0.5) is 0 Å². The first kappa shape index (κ1) is 14.8. The monoisotopic (exact) mass is 327 g/mol. The first-order valence-corrected chi connectivity index (χ1v) is 9.16. The third-order valence-corrected chi connectivity index (χ3v) is 5.34. The Morgan fingerprint density at radius 2 is 1.78 bits per heavy atom. The van der Waals surface area contributed by atoms with Crippen molar-refractivity contribution < 1.29 is 0 Å². The number of nitrogens with zero attached hydrogens (tertiary/aromatic N) is 5. The molecular weight excluding hydrogens is 306 g/mol. The second-order valence-electron chi connectivity index (χ2n) is 6.13. The lowest BCUT2D eigenvalue weighted by Gasteiger charge is -2.25. The predicted molar refractivity (Wildman–Crippen MR) is 91.6 cm³/mol. The molecule has 120 valence electrons. The summed E-state index contributed by atoms with van der Waals surface area (Å²) in [6.07, 6.45) is 5.92. The number of benzene rings is 1. The van der Waals surface area contributed by atoms with Gasteiger partial charge in [-0.25, -0.2) is 0 Å². The lowest BCUT2D eigenvalue weighted by molar-refractivity contribution is 0.214. The van der Waals surface area contributed by atoms with Crippen LogP contribution in [-0.2, 0) is 19.4 Å². The summed E-state index contributed by atoms with van der Waals surface area (Å²) in [7, 11) is 0. The van der Waals surface area contributed by atoms with Crippen molar-refractivity contribution in [2.45, 2.75) is 38.6 Å². The van der Waals surface area contributed by atoms with Gasteiger partial charge in [-0.15, -0.1) is 10.2 Å². The smallest absolute Gasteiger partial charge is 0.234 e. The molecule has 6 heteroatoms. The summed E-state index contributed by atoms with van der Waals surface area (Å²) < 4.78 is 1.94. The summed E-state index contributed by atoms with van der Waals surface area (Å²) in [6.45, 7) is 3.20. The third-order valence-electron chi connectivity index (χ3n) is 4.38. The van der Waals surface area contributed by atoms with Gasteiger partial charge in [-0.3, -0.25) is 4.90 Å². The van der Waals surface area contributed by atoms with Gasteiger partial charge in [0, 0.05) is 6.42 Å². The van der Waals surface area contributed by atoms with Crippen molar-refractivity contribution in [3.8, 4) is 0 Å². The molecule has 0 spiro atoms. The Morgan fingerprint density at radius 3 is 2.61 bits per heavy atom. The number of likely N-dealkylation sites (tertiary alicyclic amines) is 1. The Hall–Kier alpha value is -1.79. The van der Waals surface area contributed by atoms with Gasteiger partial charge in [0.2, 0.25) is 4.96 Å². The van der Waals surface area contributed by atoms with Crippen LogP contribution in [0.2, 0.25) is 0 Å². The molecular formula is C17H21N5S. The van der Waals surface area contributed by atoms with Crippen molar-refractivity contribution in [2.24, 2.45) is 0 Å². The minimum atomic E-state index is 0.864. The molecule has 23 heavy (non-hydrogen) atoms. The molecule has 0 bridgehead atoms. The Bertz CT molecular complexity index is 758. The molecule has 0 amide bonds. The zero-order valence-electron chi connectivity index (χ0n) is 13.2. The van der Waals surface area contributed by atoms with Gasteiger partial charge in [-0.1, -0.05) is 48.1 Å². The van der Waals surface area contributed by atoms with Crippen molar-refractivity contribution in [1.82, 2.24) is 24.7 Å². The van der Waals surface area contributed by atoms with E-state index in [-0.39, 0.29) is 0 Å². The van der Waals surface area contributed by atoms with E-state index in [1.54, 1.807) is 11.3 Å². The van der Waals surface area contributed by atoms with Gasteiger partial charge in [0.05, 0.1) is 6.54 Å².